The van der Waals surface area contributed by atoms with Gasteiger partial charge in [-0.2, -0.15) is 0 Å². The molecule has 19 heavy (non-hydrogen) atoms. The molecule has 0 spiro atoms. The monoisotopic (exact) mass is 292 g/mol. The number of nitrogens with zero attached hydrogens (tertiary/aromatic N) is 1. The molecule has 2 nitrogen and oxygen atoms in total. The maximum Gasteiger partial charge on any atom is 0.101 e. The first-order valence-corrected chi connectivity index (χ1v) is 7.33. The van der Waals surface area contributed by atoms with Crippen LogP contribution in [0.4, 0.5) is 0 Å². The molecule has 4 heteroatoms. The van der Waals surface area contributed by atoms with Crippen LogP contribution in [0.15, 0.2) is 40.3 Å². The zero-order chi connectivity index (χ0) is 14.0. The zero-order valence-corrected chi connectivity index (χ0v) is 12.8. The van der Waals surface area contributed by atoms with Crippen LogP contribution in [0.3, 0.4) is 0 Å². The lowest BCUT2D eigenvalue weighted by Crippen LogP contribution is -2.04. The van der Waals surface area contributed by atoms with Crippen LogP contribution in [0.5, 0.6) is 0 Å². The second-order valence-corrected chi connectivity index (χ2v) is 6.17. The predicted octanol–water partition coefficient (Wildman–Crippen LogP) is 4.52. The van der Waals surface area contributed by atoms with Gasteiger partial charge in [-0.25, -0.2) is 4.98 Å². The number of nitrogens with two attached hydrogens (primary N) is 1. The van der Waals surface area contributed by atoms with E-state index in [0.717, 1.165) is 26.2 Å². The van der Waals surface area contributed by atoms with Crippen molar-refractivity contribution in [2.75, 3.05) is 0 Å². The lowest BCUT2D eigenvalue weighted by Gasteiger charge is -2.09. The van der Waals surface area contributed by atoms with Crippen LogP contribution in [0.2, 0.25) is 5.02 Å². The van der Waals surface area contributed by atoms with Crippen molar-refractivity contribution < 1.29 is 0 Å². The van der Waals surface area contributed by atoms with Crippen LogP contribution in [-0.4, -0.2) is 4.98 Å². The van der Waals surface area contributed by atoms with Crippen LogP contribution < -0.4 is 5.73 Å². The Morgan fingerprint density at radius 1 is 1.21 bits per heavy atom. The Bertz CT molecular complexity index is 576. The Hall–Kier alpha value is -1.03. The maximum atomic E-state index is 6.30. The van der Waals surface area contributed by atoms with E-state index in [4.69, 9.17) is 17.3 Å². The molecule has 0 saturated carbocycles. The fourth-order valence-electron chi connectivity index (χ4n) is 1.85. The molecular weight excluding hydrogens is 276 g/mol. The number of hydrogen-bond acceptors (Lipinski definition) is 3. The van der Waals surface area contributed by atoms with Crippen LogP contribution >= 0.6 is 23.4 Å². The van der Waals surface area contributed by atoms with Gasteiger partial charge in [0.05, 0.1) is 5.02 Å². The Morgan fingerprint density at radius 2 is 1.95 bits per heavy atom. The summed E-state index contributed by atoms with van der Waals surface area (Å²) < 4.78 is 0. The second kappa shape index (κ2) is 5.95. The molecule has 100 valence electrons. The molecule has 2 N–H and O–H groups in total. The molecule has 0 aliphatic heterocycles. The van der Waals surface area contributed by atoms with Crippen LogP contribution in [-0.2, 0) is 0 Å². The van der Waals surface area contributed by atoms with E-state index in [0.29, 0.717) is 0 Å². The fraction of sp³-hybridized carbons (Fsp3) is 0.267. The van der Waals surface area contributed by atoms with E-state index in [2.05, 4.69) is 24.0 Å². The minimum atomic E-state index is -0.00381. The van der Waals surface area contributed by atoms with Gasteiger partial charge in [0.2, 0.25) is 0 Å². The van der Waals surface area contributed by atoms with Crippen molar-refractivity contribution in [2.24, 2.45) is 5.73 Å². The number of benzene rings is 1. The standard InChI is InChI=1S/C15H17ClN2S/c1-9-6-10(2)18-15(7-9)19-14-5-4-12(11(3)17)8-13(14)16/h4-8,11H,17H2,1-3H3/t11-/m0/s1. The molecule has 0 fully saturated rings. The summed E-state index contributed by atoms with van der Waals surface area (Å²) in [5.74, 6) is 0. The van der Waals surface area contributed by atoms with Crippen molar-refractivity contribution in [1.29, 1.82) is 0 Å². The molecule has 0 radical (unpaired) electrons. The van der Waals surface area contributed by atoms with Crippen molar-refractivity contribution in [3.8, 4) is 0 Å². The van der Waals surface area contributed by atoms with E-state index >= 15 is 0 Å². The average molecular weight is 293 g/mol. The van der Waals surface area contributed by atoms with Crippen LogP contribution in [0, 0.1) is 13.8 Å². The smallest absolute Gasteiger partial charge is 0.101 e. The molecule has 0 saturated heterocycles. The highest BCUT2D eigenvalue weighted by Gasteiger charge is 2.08. The van der Waals surface area contributed by atoms with Crippen molar-refractivity contribution in [3.05, 3.63) is 52.2 Å². The first kappa shape index (κ1) is 14.4. The van der Waals surface area contributed by atoms with Gasteiger partial charge in [0.15, 0.2) is 0 Å². The van der Waals surface area contributed by atoms with E-state index < -0.39 is 0 Å². The maximum absolute atomic E-state index is 6.30. The highest BCUT2D eigenvalue weighted by atomic mass is 35.5. The van der Waals surface area contributed by atoms with Gasteiger partial charge in [-0.15, -0.1) is 0 Å². The van der Waals surface area contributed by atoms with Gasteiger partial charge in [0.1, 0.15) is 5.03 Å². The lowest BCUT2D eigenvalue weighted by molar-refractivity contribution is 0.817. The summed E-state index contributed by atoms with van der Waals surface area (Å²) in [5, 5.41) is 1.69. The Labute approximate surface area is 123 Å². The highest BCUT2D eigenvalue weighted by Crippen LogP contribution is 2.34. The second-order valence-electron chi connectivity index (χ2n) is 4.70. The van der Waals surface area contributed by atoms with Crippen molar-refractivity contribution >= 4 is 23.4 Å². The van der Waals surface area contributed by atoms with Gasteiger partial charge >= 0.3 is 0 Å². The molecule has 1 aromatic carbocycles. The average Bonchev–Trinajstić information content (AvgIpc) is 2.30. The number of pyridine rings is 1. The zero-order valence-electron chi connectivity index (χ0n) is 11.3. The summed E-state index contributed by atoms with van der Waals surface area (Å²) >= 11 is 7.88. The Kier molecular flexibility index (Phi) is 4.50. The highest BCUT2D eigenvalue weighted by molar-refractivity contribution is 7.99. The summed E-state index contributed by atoms with van der Waals surface area (Å²) in [4.78, 5) is 5.51. The van der Waals surface area contributed by atoms with E-state index in [1.54, 1.807) is 11.8 Å². The van der Waals surface area contributed by atoms with Gasteiger partial charge in [-0.05, 0) is 56.2 Å². The normalized spacial score (nSPS) is 12.5. The lowest BCUT2D eigenvalue weighted by atomic mass is 10.1. The summed E-state index contributed by atoms with van der Waals surface area (Å²) in [6.07, 6.45) is 0. The Balaban J connectivity index is 2.28. The van der Waals surface area contributed by atoms with Gasteiger partial charge in [-0.1, -0.05) is 29.4 Å². The molecule has 2 aromatic rings. The van der Waals surface area contributed by atoms with E-state index in [1.165, 1.54) is 5.56 Å². The fourth-order valence-corrected chi connectivity index (χ4v) is 3.11. The summed E-state index contributed by atoms with van der Waals surface area (Å²) in [7, 11) is 0. The summed E-state index contributed by atoms with van der Waals surface area (Å²) in [5.41, 5.74) is 9.12. The number of aromatic nitrogens is 1. The molecule has 1 heterocycles. The third-order valence-corrected chi connectivity index (χ3v) is 4.19. The number of hydrogen-bond donors (Lipinski definition) is 1. The minimum absolute atomic E-state index is 0.00381. The predicted molar refractivity (Wildman–Crippen MR) is 81.9 cm³/mol. The first-order chi connectivity index (χ1) is 8.95. The van der Waals surface area contributed by atoms with E-state index in [9.17, 15) is 0 Å². The molecule has 1 aromatic heterocycles. The van der Waals surface area contributed by atoms with Gasteiger partial charge in [0.25, 0.3) is 0 Å². The van der Waals surface area contributed by atoms with Gasteiger partial charge in [0, 0.05) is 16.6 Å². The van der Waals surface area contributed by atoms with Crippen molar-refractivity contribution in [1.82, 2.24) is 4.98 Å². The first-order valence-electron chi connectivity index (χ1n) is 6.14. The third kappa shape index (κ3) is 3.72. The Morgan fingerprint density at radius 3 is 2.53 bits per heavy atom. The third-order valence-electron chi connectivity index (χ3n) is 2.77. The van der Waals surface area contributed by atoms with Gasteiger partial charge in [-0.3, -0.25) is 0 Å². The largest absolute Gasteiger partial charge is 0.324 e. The quantitative estimate of drug-likeness (QED) is 0.904. The number of aryl methyl sites for hydroxylation is 2. The van der Waals surface area contributed by atoms with Crippen LogP contribution in [0.1, 0.15) is 29.8 Å². The van der Waals surface area contributed by atoms with Crippen molar-refractivity contribution in [3.63, 3.8) is 0 Å². The number of rotatable bonds is 3. The molecule has 0 aliphatic rings. The topological polar surface area (TPSA) is 38.9 Å². The van der Waals surface area contributed by atoms with Gasteiger partial charge < -0.3 is 5.73 Å². The molecule has 0 unspecified atom stereocenters. The molecular formula is C15H17ClN2S. The molecule has 0 amide bonds. The SMILES string of the molecule is Cc1cc(C)nc(Sc2ccc([C@H](C)N)cc2Cl)c1. The molecule has 2 rings (SSSR count). The molecule has 1 atom stereocenters. The summed E-state index contributed by atoms with van der Waals surface area (Å²) in [6.45, 7) is 6.02. The van der Waals surface area contributed by atoms with Crippen molar-refractivity contribution in [2.45, 2.75) is 36.7 Å². The minimum Gasteiger partial charge on any atom is -0.324 e. The van der Waals surface area contributed by atoms with E-state index in [-0.39, 0.29) is 6.04 Å². The molecule has 0 aliphatic carbocycles. The summed E-state index contributed by atoms with van der Waals surface area (Å²) in [6, 6.07) is 10.1. The van der Waals surface area contributed by atoms with Crippen LogP contribution in [0.25, 0.3) is 0 Å². The number of halogens is 1. The van der Waals surface area contributed by atoms with E-state index in [1.807, 2.05) is 32.0 Å². The molecule has 0 bridgehead atoms.